The molecule has 0 bridgehead atoms. The molecule has 0 fully saturated rings. The van der Waals surface area contributed by atoms with Gasteiger partial charge in [0, 0.05) is 24.8 Å². The van der Waals surface area contributed by atoms with Gasteiger partial charge in [-0.25, -0.2) is 9.97 Å². The van der Waals surface area contributed by atoms with E-state index in [0.717, 1.165) is 0 Å². The highest BCUT2D eigenvalue weighted by atomic mass is 16.3. The zero-order valence-electron chi connectivity index (χ0n) is 12.1. The fourth-order valence-corrected chi connectivity index (χ4v) is 2.10. The van der Waals surface area contributed by atoms with Crippen LogP contribution in [0.1, 0.15) is 10.4 Å². The smallest absolute Gasteiger partial charge is 0.256 e. The Bertz CT molecular complexity index is 875. The number of hydrogen-bond donors (Lipinski definition) is 4. The Hall–Kier alpha value is -3.20. The quantitative estimate of drug-likeness (QED) is 0.520. The first-order valence-corrected chi connectivity index (χ1v) is 6.89. The van der Waals surface area contributed by atoms with Crippen molar-refractivity contribution in [3.63, 3.8) is 0 Å². The number of carbonyl (C=O) groups excluding carboxylic acids is 1. The predicted molar refractivity (Wildman–Crippen MR) is 83.7 cm³/mol. The number of hydrogen-bond acceptors (Lipinski definition) is 7. The standard InChI is InChI=1S/C14H15N7O2/c15-4-5-17-13(23)10-7-18-14(16)21-12(10)19-11(20-21)8-2-1-3-9(22)6-8/h1-3,6-7,22H,4-5,15H2,(H2,16,18)(H,17,23). The molecule has 0 saturated heterocycles. The van der Waals surface area contributed by atoms with Gasteiger partial charge in [0.05, 0.1) is 0 Å². The van der Waals surface area contributed by atoms with Crippen molar-refractivity contribution in [2.45, 2.75) is 0 Å². The molecule has 0 aliphatic rings. The minimum Gasteiger partial charge on any atom is -0.508 e. The highest BCUT2D eigenvalue weighted by Gasteiger charge is 2.17. The molecule has 0 aliphatic heterocycles. The second kappa shape index (κ2) is 5.89. The number of phenols is 1. The predicted octanol–water partition coefficient (Wildman–Crippen LogP) is -0.232. The van der Waals surface area contributed by atoms with E-state index in [0.29, 0.717) is 24.5 Å². The van der Waals surface area contributed by atoms with Crippen LogP contribution in [0.25, 0.3) is 17.0 Å². The van der Waals surface area contributed by atoms with Crippen molar-refractivity contribution in [3.05, 3.63) is 36.0 Å². The van der Waals surface area contributed by atoms with Crippen LogP contribution in [0.15, 0.2) is 30.5 Å². The van der Waals surface area contributed by atoms with Gasteiger partial charge >= 0.3 is 0 Å². The van der Waals surface area contributed by atoms with Gasteiger partial charge in [0.15, 0.2) is 11.5 Å². The molecule has 0 aliphatic carbocycles. The van der Waals surface area contributed by atoms with Crippen molar-refractivity contribution in [3.8, 4) is 17.1 Å². The lowest BCUT2D eigenvalue weighted by Gasteiger charge is -2.04. The molecule has 6 N–H and O–H groups in total. The third-order valence-electron chi connectivity index (χ3n) is 3.17. The third kappa shape index (κ3) is 2.77. The second-order valence-corrected chi connectivity index (χ2v) is 4.80. The van der Waals surface area contributed by atoms with E-state index in [4.69, 9.17) is 11.5 Å². The summed E-state index contributed by atoms with van der Waals surface area (Å²) >= 11 is 0. The van der Waals surface area contributed by atoms with Crippen LogP contribution in [0, 0.1) is 0 Å². The fraction of sp³-hybridized carbons (Fsp3) is 0.143. The Morgan fingerprint density at radius 2 is 2.22 bits per heavy atom. The van der Waals surface area contributed by atoms with Gasteiger partial charge in [-0.1, -0.05) is 12.1 Å². The first-order chi connectivity index (χ1) is 11.1. The summed E-state index contributed by atoms with van der Waals surface area (Å²) < 4.78 is 1.29. The van der Waals surface area contributed by atoms with E-state index in [1.54, 1.807) is 18.2 Å². The second-order valence-electron chi connectivity index (χ2n) is 4.80. The molecule has 0 saturated carbocycles. The molecule has 1 aromatic carbocycles. The number of amides is 1. The summed E-state index contributed by atoms with van der Waals surface area (Å²) in [6, 6.07) is 6.48. The number of nitrogens with one attached hydrogen (secondary N) is 1. The highest BCUT2D eigenvalue weighted by molar-refractivity contribution is 5.99. The molecule has 3 rings (SSSR count). The molecule has 3 aromatic rings. The number of anilines is 1. The van der Waals surface area contributed by atoms with Crippen LogP contribution in [0.2, 0.25) is 0 Å². The van der Waals surface area contributed by atoms with Crippen LogP contribution in [-0.4, -0.2) is 43.7 Å². The minimum atomic E-state index is -0.359. The van der Waals surface area contributed by atoms with E-state index < -0.39 is 0 Å². The summed E-state index contributed by atoms with van der Waals surface area (Å²) in [7, 11) is 0. The average molecular weight is 313 g/mol. The number of phenolic OH excluding ortho intramolecular Hbond substituents is 1. The molecule has 2 heterocycles. The number of nitrogens with two attached hydrogens (primary N) is 2. The van der Waals surface area contributed by atoms with E-state index in [-0.39, 0.29) is 28.8 Å². The number of aromatic nitrogens is 4. The van der Waals surface area contributed by atoms with Crippen molar-refractivity contribution in [2.24, 2.45) is 5.73 Å². The molecule has 1 amide bonds. The van der Waals surface area contributed by atoms with Crippen LogP contribution in [0.4, 0.5) is 5.95 Å². The number of nitrogens with zero attached hydrogens (tertiary/aromatic N) is 4. The normalized spacial score (nSPS) is 10.8. The van der Waals surface area contributed by atoms with Gasteiger partial charge in [0.2, 0.25) is 5.95 Å². The molecule has 0 spiro atoms. The molecule has 0 atom stereocenters. The van der Waals surface area contributed by atoms with Crippen molar-refractivity contribution in [1.82, 2.24) is 24.9 Å². The molecule has 2 aromatic heterocycles. The maximum atomic E-state index is 12.2. The lowest BCUT2D eigenvalue weighted by atomic mass is 10.2. The van der Waals surface area contributed by atoms with Gasteiger partial charge < -0.3 is 21.9 Å². The Labute approximate surface area is 131 Å². The van der Waals surface area contributed by atoms with Gasteiger partial charge in [-0.15, -0.1) is 5.10 Å². The molecule has 9 nitrogen and oxygen atoms in total. The lowest BCUT2D eigenvalue weighted by molar-refractivity contribution is 0.0955. The zero-order valence-corrected chi connectivity index (χ0v) is 12.1. The largest absolute Gasteiger partial charge is 0.508 e. The summed E-state index contributed by atoms with van der Waals surface area (Å²) in [5.74, 6) is 0.166. The summed E-state index contributed by atoms with van der Waals surface area (Å²) in [6.07, 6.45) is 1.34. The molecule has 23 heavy (non-hydrogen) atoms. The maximum absolute atomic E-state index is 12.2. The van der Waals surface area contributed by atoms with Crippen molar-refractivity contribution in [1.29, 1.82) is 0 Å². The minimum absolute atomic E-state index is 0.0911. The first kappa shape index (κ1) is 14.7. The topological polar surface area (TPSA) is 144 Å². The molecule has 0 radical (unpaired) electrons. The SMILES string of the molecule is NCCNC(=O)c1cnc(N)n2nc(-c3cccc(O)c3)nc12. The number of rotatable bonds is 4. The number of carbonyl (C=O) groups is 1. The van der Waals surface area contributed by atoms with Crippen molar-refractivity contribution >= 4 is 17.5 Å². The number of aromatic hydroxyl groups is 1. The van der Waals surface area contributed by atoms with Gasteiger partial charge in [-0.05, 0) is 12.1 Å². The van der Waals surface area contributed by atoms with E-state index in [9.17, 15) is 9.90 Å². The molecule has 118 valence electrons. The Balaban J connectivity index is 2.11. The summed E-state index contributed by atoms with van der Waals surface area (Å²) in [4.78, 5) is 20.5. The van der Waals surface area contributed by atoms with E-state index >= 15 is 0 Å². The summed E-state index contributed by atoms with van der Waals surface area (Å²) in [5, 5.41) is 16.5. The monoisotopic (exact) mass is 313 g/mol. The molecular weight excluding hydrogens is 298 g/mol. The van der Waals surface area contributed by atoms with Crippen LogP contribution in [-0.2, 0) is 0 Å². The maximum Gasteiger partial charge on any atom is 0.256 e. The van der Waals surface area contributed by atoms with Gasteiger partial charge in [0.25, 0.3) is 5.91 Å². The van der Waals surface area contributed by atoms with Crippen molar-refractivity contribution < 1.29 is 9.90 Å². The van der Waals surface area contributed by atoms with Crippen LogP contribution < -0.4 is 16.8 Å². The van der Waals surface area contributed by atoms with Crippen molar-refractivity contribution in [2.75, 3.05) is 18.8 Å². The Morgan fingerprint density at radius 3 is 2.96 bits per heavy atom. The average Bonchev–Trinajstić information content (AvgIpc) is 2.99. The van der Waals surface area contributed by atoms with Crippen LogP contribution in [0.5, 0.6) is 5.75 Å². The van der Waals surface area contributed by atoms with Crippen LogP contribution in [0.3, 0.4) is 0 Å². The molecular formula is C14H15N7O2. The summed E-state index contributed by atoms with van der Waals surface area (Å²) in [6.45, 7) is 0.661. The van der Waals surface area contributed by atoms with E-state index in [1.165, 1.54) is 16.8 Å². The lowest BCUT2D eigenvalue weighted by Crippen LogP contribution is -2.29. The first-order valence-electron chi connectivity index (χ1n) is 6.89. The van der Waals surface area contributed by atoms with E-state index in [1.807, 2.05) is 0 Å². The van der Waals surface area contributed by atoms with Gasteiger partial charge in [0.1, 0.15) is 11.3 Å². The zero-order chi connectivity index (χ0) is 16.4. The van der Waals surface area contributed by atoms with E-state index in [2.05, 4.69) is 20.4 Å². The fourth-order valence-electron chi connectivity index (χ4n) is 2.10. The number of fused-ring (bicyclic) bond motifs is 1. The molecule has 9 heteroatoms. The third-order valence-corrected chi connectivity index (χ3v) is 3.17. The number of benzene rings is 1. The Kier molecular flexibility index (Phi) is 3.77. The van der Waals surface area contributed by atoms with Gasteiger partial charge in [-0.2, -0.15) is 4.52 Å². The Morgan fingerprint density at radius 1 is 1.39 bits per heavy atom. The van der Waals surface area contributed by atoms with Crippen LogP contribution >= 0.6 is 0 Å². The number of nitrogen functional groups attached to an aromatic ring is 1. The highest BCUT2D eigenvalue weighted by Crippen LogP contribution is 2.22. The summed E-state index contributed by atoms with van der Waals surface area (Å²) in [5.41, 5.74) is 12.3. The van der Waals surface area contributed by atoms with Gasteiger partial charge in [-0.3, -0.25) is 4.79 Å². The molecule has 0 unspecified atom stereocenters.